The third-order valence-corrected chi connectivity index (χ3v) is 3.13. The van der Waals surface area contributed by atoms with Crippen molar-refractivity contribution in [3.8, 4) is 0 Å². The van der Waals surface area contributed by atoms with Crippen molar-refractivity contribution in [2.45, 2.75) is 66.7 Å². The van der Waals surface area contributed by atoms with Gasteiger partial charge in [0.15, 0.2) is 0 Å². The van der Waals surface area contributed by atoms with E-state index in [0.29, 0.717) is 11.8 Å². The van der Waals surface area contributed by atoms with E-state index in [1.807, 2.05) is 0 Å². The van der Waals surface area contributed by atoms with E-state index in [2.05, 4.69) is 65.3 Å². The van der Waals surface area contributed by atoms with Crippen LogP contribution in [0.1, 0.15) is 66.7 Å². The average Bonchev–Trinajstić information content (AvgIpc) is 2.29. The highest BCUT2D eigenvalue weighted by atomic mass is 14.1. The van der Waals surface area contributed by atoms with Gasteiger partial charge in [-0.25, -0.2) is 0 Å². The zero-order chi connectivity index (χ0) is 13.8. The summed E-state index contributed by atoms with van der Waals surface area (Å²) in [4.78, 5) is 0. The maximum absolute atomic E-state index is 2.47. The van der Waals surface area contributed by atoms with Gasteiger partial charge in [0.2, 0.25) is 0 Å². The first kappa shape index (κ1) is 17.5. The second kappa shape index (κ2) is 11.6. The van der Waals surface area contributed by atoms with Gasteiger partial charge in [0.05, 0.1) is 0 Å². The predicted octanol–water partition coefficient (Wildman–Crippen LogP) is 6.20. The van der Waals surface area contributed by atoms with Crippen molar-refractivity contribution in [3.05, 3.63) is 30.7 Å². The maximum atomic E-state index is 2.47. The molecule has 18 heavy (non-hydrogen) atoms. The van der Waals surface area contributed by atoms with Crippen molar-refractivity contribution >= 4 is 0 Å². The zero-order valence-electron chi connectivity index (χ0n) is 13.2. The first-order valence-electron chi connectivity index (χ1n) is 7.72. The summed E-state index contributed by atoms with van der Waals surface area (Å²) in [7, 11) is 0. The van der Waals surface area contributed by atoms with E-state index in [1.54, 1.807) is 0 Å². The van der Waals surface area contributed by atoms with Crippen molar-refractivity contribution < 1.29 is 0 Å². The molecular weight excluding hydrogens is 216 g/mol. The fourth-order valence-electron chi connectivity index (χ4n) is 1.87. The molecule has 1 radical (unpaired) electrons. The van der Waals surface area contributed by atoms with Crippen LogP contribution in [0.15, 0.2) is 24.3 Å². The molecule has 0 aromatic carbocycles. The van der Waals surface area contributed by atoms with Crippen LogP contribution in [0.2, 0.25) is 0 Å². The first-order valence-corrected chi connectivity index (χ1v) is 7.72. The van der Waals surface area contributed by atoms with Crippen LogP contribution in [-0.4, -0.2) is 0 Å². The van der Waals surface area contributed by atoms with E-state index in [-0.39, 0.29) is 0 Å². The third kappa shape index (κ3) is 12.0. The summed E-state index contributed by atoms with van der Waals surface area (Å²) in [6.45, 7) is 11.3. The molecule has 0 spiro atoms. The van der Waals surface area contributed by atoms with Gasteiger partial charge in [0, 0.05) is 0 Å². The minimum absolute atomic E-state index is 0.669. The summed E-state index contributed by atoms with van der Waals surface area (Å²) in [5.74, 6) is 2.07. The molecule has 2 atom stereocenters. The van der Waals surface area contributed by atoms with Crippen molar-refractivity contribution in [3.63, 3.8) is 0 Å². The largest absolute Gasteiger partial charge is 0.0880 e. The van der Waals surface area contributed by atoms with Crippen molar-refractivity contribution in [1.82, 2.24) is 0 Å². The van der Waals surface area contributed by atoms with Gasteiger partial charge >= 0.3 is 0 Å². The van der Waals surface area contributed by atoms with Gasteiger partial charge in [-0.05, 0) is 43.4 Å². The molecule has 0 aliphatic rings. The van der Waals surface area contributed by atoms with Crippen LogP contribution in [0.5, 0.6) is 0 Å². The minimum atomic E-state index is 0.669. The normalized spacial score (nSPS) is 15.9. The Balaban J connectivity index is 3.66. The second-order valence-corrected chi connectivity index (χ2v) is 5.90. The molecule has 0 N–H and O–H groups in total. The summed E-state index contributed by atoms with van der Waals surface area (Å²) in [6.07, 6.45) is 18.1. The molecule has 0 bridgehead atoms. The van der Waals surface area contributed by atoms with Gasteiger partial charge in [-0.2, -0.15) is 0 Å². The third-order valence-electron chi connectivity index (χ3n) is 3.13. The maximum Gasteiger partial charge on any atom is -0.0227 e. The minimum Gasteiger partial charge on any atom is -0.0880 e. The van der Waals surface area contributed by atoms with Crippen LogP contribution >= 0.6 is 0 Å². The molecule has 0 saturated heterocycles. The molecule has 0 amide bonds. The fourth-order valence-corrected chi connectivity index (χ4v) is 1.87. The van der Waals surface area contributed by atoms with Gasteiger partial charge in [-0.3, -0.25) is 0 Å². The molecule has 105 valence electrons. The van der Waals surface area contributed by atoms with E-state index in [0.717, 1.165) is 5.92 Å². The first-order chi connectivity index (χ1) is 8.56. The number of allylic oxidation sites excluding steroid dienone is 4. The van der Waals surface area contributed by atoms with E-state index >= 15 is 0 Å². The van der Waals surface area contributed by atoms with Gasteiger partial charge in [-0.1, -0.05) is 71.8 Å². The predicted molar refractivity (Wildman–Crippen MR) is 84.5 cm³/mol. The highest BCUT2D eigenvalue weighted by Gasteiger charge is 2.00. The lowest BCUT2D eigenvalue weighted by Gasteiger charge is -2.08. The lowest BCUT2D eigenvalue weighted by Crippen LogP contribution is -1.94. The van der Waals surface area contributed by atoms with Crippen LogP contribution in [0, 0.1) is 24.2 Å². The smallest absolute Gasteiger partial charge is 0.0227 e. The molecule has 0 fully saturated rings. The molecule has 0 nitrogen and oxygen atoms in total. The van der Waals surface area contributed by atoms with Crippen LogP contribution in [0.4, 0.5) is 0 Å². The van der Waals surface area contributed by atoms with Crippen LogP contribution < -0.4 is 0 Å². The van der Waals surface area contributed by atoms with E-state index < -0.39 is 0 Å². The monoisotopic (exact) mass is 249 g/mol. The molecule has 0 aliphatic heterocycles. The van der Waals surface area contributed by atoms with Gasteiger partial charge in [0.25, 0.3) is 0 Å². The number of unbranched alkanes of at least 4 members (excludes halogenated alkanes) is 2. The molecule has 2 unspecified atom stereocenters. The summed E-state index contributed by atoms with van der Waals surface area (Å²) in [6, 6.07) is 0. The lowest BCUT2D eigenvalue weighted by atomic mass is 9.98. The van der Waals surface area contributed by atoms with Gasteiger partial charge in [0.1, 0.15) is 0 Å². The molecule has 0 aromatic rings. The van der Waals surface area contributed by atoms with Crippen LogP contribution in [0.3, 0.4) is 0 Å². The SMILES string of the molecule is CCCC[CH]C(C)CC=CC(C)CC=CC(C)C. The average molecular weight is 249 g/mol. The number of rotatable bonds is 10. The van der Waals surface area contributed by atoms with E-state index in [9.17, 15) is 0 Å². The van der Waals surface area contributed by atoms with Gasteiger partial charge < -0.3 is 0 Å². The summed E-state index contributed by atoms with van der Waals surface area (Å²) < 4.78 is 0. The van der Waals surface area contributed by atoms with Crippen LogP contribution in [-0.2, 0) is 0 Å². The topological polar surface area (TPSA) is 0 Å². The highest BCUT2D eigenvalue weighted by molar-refractivity contribution is 4.94. The van der Waals surface area contributed by atoms with Crippen molar-refractivity contribution in [1.29, 1.82) is 0 Å². The number of hydrogen-bond acceptors (Lipinski definition) is 0. The summed E-state index contributed by atoms with van der Waals surface area (Å²) >= 11 is 0. The molecular formula is C18H33. The molecule has 0 heteroatoms. The molecule has 0 aromatic heterocycles. The molecule has 0 heterocycles. The lowest BCUT2D eigenvalue weighted by molar-refractivity contribution is 0.619. The van der Waals surface area contributed by atoms with E-state index in [1.165, 1.54) is 32.1 Å². The van der Waals surface area contributed by atoms with Crippen LogP contribution in [0.25, 0.3) is 0 Å². The second-order valence-electron chi connectivity index (χ2n) is 5.90. The Morgan fingerprint density at radius 1 is 0.833 bits per heavy atom. The Kier molecular flexibility index (Phi) is 11.2. The Labute approximate surface area is 116 Å². The fraction of sp³-hybridized carbons (Fsp3) is 0.722. The van der Waals surface area contributed by atoms with E-state index in [4.69, 9.17) is 0 Å². The zero-order valence-corrected chi connectivity index (χ0v) is 13.2. The Hall–Kier alpha value is -0.520. The summed E-state index contributed by atoms with van der Waals surface area (Å²) in [5.41, 5.74) is 0. The number of hydrogen-bond donors (Lipinski definition) is 0. The molecule has 0 saturated carbocycles. The Morgan fingerprint density at radius 3 is 2.06 bits per heavy atom. The van der Waals surface area contributed by atoms with Gasteiger partial charge in [-0.15, -0.1) is 0 Å². The van der Waals surface area contributed by atoms with Crippen molar-refractivity contribution in [2.75, 3.05) is 0 Å². The molecule has 0 rings (SSSR count). The Bertz CT molecular complexity index is 222. The summed E-state index contributed by atoms with van der Waals surface area (Å²) in [5, 5.41) is 0. The quantitative estimate of drug-likeness (QED) is 0.319. The Morgan fingerprint density at radius 2 is 1.44 bits per heavy atom. The standard InChI is InChI=1S/C18H33/c1-6-7-8-12-17(4)14-10-15-18(5)13-9-11-16(2)3/h9-12,15-18H,6-8,13-14H2,1-5H3. The molecule has 0 aliphatic carbocycles. The van der Waals surface area contributed by atoms with Crippen molar-refractivity contribution in [2.24, 2.45) is 17.8 Å². The highest BCUT2D eigenvalue weighted by Crippen LogP contribution is 2.14.